The molecule has 0 saturated heterocycles. The molecule has 0 spiro atoms. The van der Waals surface area contributed by atoms with Crippen molar-refractivity contribution in [2.24, 2.45) is 10.7 Å². The van der Waals surface area contributed by atoms with Gasteiger partial charge in [-0.3, -0.25) is 14.2 Å². The molecule has 1 atom stereocenters. The van der Waals surface area contributed by atoms with Crippen molar-refractivity contribution in [1.82, 2.24) is 5.32 Å². The summed E-state index contributed by atoms with van der Waals surface area (Å²) >= 11 is 0. The summed E-state index contributed by atoms with van der Waals surface area (Å²) in [6.45, 7) is 3.60. The van der Waals surface area contributed by atoms with E-state index in [1.807, 2.05) is 182 Å². The van der Waals surface area contributed by atoms with Gasteiger partial charge in [-0.2, -0.15) is 52.7 Å². The van der Waals surface area contributed by atoms with Crippen molar-refractivity contribution < 1.29 is 129 Å². The van der Waals surface area contributed by atoms with Crippen LogP contribution in [0, 0.1) is 0 Å². The van der Waals surface area contributed by atoms with Gasteiger partial charge in [-0.1, -0.05) is 182 Å². The lowest BCUT2D eigenvalue weighted by Crippen LogP contribution is -2.28. The molecule has 0 aromatic heterocycles. The van der Waals surface area contributed by atoms with Crippen LogP contribution >= 0.6 is 0 Å². The van der Waals surface area contributed by atoms with Gasteiger partial charge in [0.25, 0.3) is 0 Å². The summed E-state index contributed by atoms with van der Waals surface area (Å²) in [6, 6.07) is 73.2. The Morgan fingerprint density at radius 1 is 0.376 bits per heavy atom. The van der Waals surface area contributed by atoms with Crippen molar-refractivity contribution in [1.29, 1.82) is 0 Å². The number of rotatable bonds is 34. The molecule has 18 nitrogen and oxygen atoms in total. The van der Waals surface area contributed by atoms with E-state index in [4.69, 9.17) is 67.7 Å². The maximum absolute atomic E-state index is 13.6. The minimum Gasteiger partial charge on any atom is -0.497 e. The van der Waals surface area contributed by atoms with Gasteiger partial charge in [0.15, 0.2) is 51.8 Å². The number of aryl methyl sites for hydroxylation is 1. The van der Waals surface area contributed by atoms with E-state index >= 15 is 0 Å². The number of methoxy groups -OCH3 is 8. The number of ether oxygens (including phenoxy) is 12. The summed E-state index contributed by atoms with van der Waals surface area (Å²) in [5.74, 6) is 4.03. The van der Waals surface area contributed by atoms with Crippen LogP contribution < -0.4 is 67.9 Å². The van der Waals surface area contributed by atoms with Gasteiger partial charge in [-0.15, -0.1) is 0 Å². The Balaban J connectivity index is 0.000000201. The van der Waals surface area contributed by atoms with Gasteiger partial charge in [-0.25, -0.2) is 4.79 Å². The van der Waals surface area contributed by atoms with Crippen LogP contribution in [0.3, 0.4) is 0 Å². The molecule has 0 radical (unpaired) electrons. The predicted molar refractivity (Wildman–Crippen MR) is 518 cm³/mol. The van der Waals surface area contributed by atoms with Crippen LogP contribution in [0.4, 0.5) is 57.1 Å². The second kappa shape index (κ2) is 54.4. The summed E-state index contributed by atoms with van der Waals surface area (Å²) in [6.07, 6.45) is -4.18. The molecule has 4 N–H and O–H groups in total. The molecule has 2 aliphatic rings. The third-order valence-electron chi connectivity index (χ3n) is 21.6. The Morgan fingerprint density at radius 2 is 0.738 bits per heavy atom. The van der Waals surface area contributed by atoms with Crippen LogP contribution in [0.2, 0.25) is 0 Å². The van der Waals surface area contributed by atoms with E-state index in [1.165, 1.54) is 95.2 Å². The normalized spacial score (nSPS) is 12.7. The largest absolute Gasteiger partial charge is 0.497 e. The van der Waals surface area contributed by atoms with Crippen LogP contribution in [-0.4, -0.2) is 106 Å². The van der Waals surface area contributed by atoms with E-state index in [0.29, 0.717) is 119 Å². The lowest BCUT2D eigenvalue weighted by atomic mass is 9.92. The van der Waals surface area contributed by atoms with E-state index in [2.05, 4.69) is 10.3 Å². The highest BCUT2D eigenvalue weighted by atomic mass is 19.4. The number of hydrogen-bond acceptors (Lipinski definition) is 17. The summed E-state index contributed by atoms with van der Waals surface area (Å²) in [5.41, 5.74) is 12.9. The van der Waals surface area contributed by atoms with E-state index < -0.39 is 52.9 Å². The maximum atomic E-state index is 13.6. The average molecular weight is 1960 g/mol. The number of alkyl halides is 13. The van der Waals surface area contributed by atoms with Crippen LogP contribution in [0.25, 0.3) is 24.3 Å². The number of carboxylic acid groups (broad SMARTS) is 1. The van der Waals surface area contributed by atoms with Crippen molar-refractivity contribution in [3.05, 3.63) is 379 Å². The molecule has 0 amide bonds. The minimum atomic E-state index is -4.56. The second-order valence-corrected chi connectivity index (χ2v) is 31.0. The molecule has 0 bridgehead atoms. The van der Waals surface area contributed by atoms with Crippen LogP contribution in [0.5, 0.6) is 69.0 Å². The monoisotopic (exact) mass is 1960 g/mol. The molecule has 141 heavy (non-hydrogen) atoms. The number of aliphatic carboxylic acids is 1. The fourth-order valence-electron chi connectivity index (χ4n) is 14.4. The number of aliphatic imine (C=N–C) groups is 1. The van der Waals surface area contributed by atoms with Crippen molar-refractivity contribution >= 4 is 41.8 Å². The SMILES string of the molecule is CF.COc1ccc(/C=C/C(=O)CCCc2ccc(OC)c(OCc3ccccc3)c2)c(C(F)(F)F)c1.COc1ccc(/C=C/C(=O)O)c(C(F)(F)F)c1.COc1ccc(/C=C/C2=NCCc3cc(OCc4ccccc4)c(OC)cc32)c(C(F)(F)F)c1.COc1ccc(/C=C/C2NCCc3cc(OCc4ccccc4)c(OC)cc32)c(C(F)(F)F)c1.COc1ccc(CCN)cc1OCc1ccccc1. The quantitative estimate of drug-likeness (QED) is 0.0252. The molecular formula is C110H108F13N3O15. The molecule has 0 aliphatic carbocycles. The molecule has 2 heterocycles. The number of nitrogens with one attached hydrogen (secondary N) is 1. The highest BCUT2D eigenvalue weighted by Crippen LogP contribution is 2.43. The van der Waals surface area contributed by atoms with Gasteiger partial charge in [0.1, 0.15) is 49.4 Å². The molecule has 0 saturated carbocycles. The Bertz CT molecular complexity index is 6170. The molecule has 14 rings (SSSR count). The molecule has 12 aromatic rings. The number of allylic oxidation sites excluding steroid dienone is 2. The first-order chi connectivity index (χ1) is 67.7. The number of nitrogens with two attached hydrogens (primary N) is 1. The van der Waals surface area contributed by atoms with Gasteiger partial charge < -0.3 is 73.0 Å². The van der Waals surface area contributed by atoms with E-state index in [-0.39, 0.29) is 63.5 Å². The van der Waals surface area contributed by atoms with E-state index in [9.17, 15) is 66.7 Å². The zero-order valence-electron chi connectivity index (χ0n) is 78.7. The Morgan fingerprint density at radius 3 is 1.11 bits per heavy atom. The third kappa shape index (κ3) is 34.0. The fourth-order valence-corrected chi connectivity index (χ4v) is 14.4. The number of carbonyl (C=O) groups excluding carboxylic acids is 1. The first kappa shape index (κ1) is 110. The molecule has 1 unspecified atom stereocenters. The summed E-state index contributed by atoms with van der Waals surface area (Å²) in [5, 5.41) is 11.7. The summed E-state index contributed by atoms with van der Waals surface area (Å²) in [4.78, 5) is 27.1. The highest BCUT2D eigenvalue weighted by molar-refractivity contribution is 6.12. The van der Waals surface area contributed by atoms with Crippen molar-refractivity contribution in [2.75, 3.05) is 83.7 Å². The van der Waals surface area contributed by atoms with Gasteiger partial charge in [0.05, 0.1) is 98.1 Å². The van der Waals surface area contributed by atoms with Crippen LogP contribution in [-0.2, 0) is 86.4 Å². The minimum absolute atomic E-state index is 0.0397. The number of fused-ring (bicyclic) bond motifs is 2. The van der Waals surface area contributed by atoms with Crippen LogP contribution in [0.1, 0.15) is 119 Å². The number of carboxylic acids is 1. The molecule has 0 fully saturated rings. The fraction of sp³-hybridized carbons (Fsp3) is 0.245. The number of benzene rings is 12. The molecule has 31 heteroatoms. The molecule has 12 aromatic carbocycles. The Hall–Kier alpha value is -15.0. The zero-order valence-corrected chi connectivity index (χ0v) is 78.7. The number of nitrogens with zero attached hydrogens (tertiary/aromatic N) is 1. The second-order valence-electron chi connectivity index (χ2n) is 31.0. The number of ketones is 1. The first-order valence-corrected chi connectivity index (χ1v) is 44.0. The van der Waals surface area contributed by atoms with Gasteiger partial charge >= 0.3 is 30.7 Å². The van der Waals surface area contributed by atoms with Gasteiger partial charge in [0, 0.05) is 31.1 Å². The Kier molecular flexibility index (Phi) is 42.3. The number of carbonyl (C=O) groups is 2. The summed E-state index contributed by atoms with van der Waals surface area (Å²) < 4.78 is 234. The topological polar surface area (TPSA) is 216 Å². The average Bonchev–Trinajstić information content (AvgIpc) is 0.797. The van der Waals surface area contributed by atoms with E-state index in [1.54, 1.807) is 40.6 Å². The lowest BCUT2D eigenvalue weighted by Gasteiger charge is -2.26. The molecule has 744 valence electrons. The smallest absolute Gasteiger partial charge is 0.417 e. The number of hydrogen-bond donors (Lipinski definition) is 3. The maximum Gasteiger partial charge on any atom is 0.417 e. The predicted octanol–water partition coefficient (Wildman–Crippen LogP) is 25.6. The molecule has 2 aliphatic heterocycles. The van der Waals surface area contributed by atoms with Crippen molar-refractivity contribution in [3.8, 4) is 69.0 Å². The highest BCUT2D eigenvalue weighted by Gasteiger charge is 2.37. The summed E-state index contributed by atoms with van der Waals surface area (Å²) in [7, 11) is 12.1. The van der Waals surface area contributed by atoms with E-state index in [0.717, 1.165) is 116 Å². The van der Waals surface area contributed by atoms with Crippen molar-refractivity contribution in [2.45, 2.75) is 95.7 Å². The zero-order chi connectivity index (χ0) is 102. The third-order valence-corrected chi connectivity index (χ3v) is 21.6. The lowest BCUT2D eigenvalue weighted by molar-refractivity contribution is -0.138. The standard InChI is InChI=1S/C28H27F3O4.C27H26F3NO3.C27H24F3NO3.C16H19NO2.C11H9F3O3.CH3F/c1-33-24-15-13-22(25(18-24)28(29,30)31)12-14-23(32)10-6-9-20-11-16-26(34-2)27(17-20)35-19-21-7-4-3-5-8-21;2*1-32-21-10-8-19(23(15-21)27(28,29)30)9-11-24-22-16-25(33-2)26(14-20(22)12-13-31-24)34-17-18-6-4-3-5-7-18;1-18-15-8-7-13(9-10-17)11-16(15)19-12-14-5-3-2-4-6-14;1-17-8-4-2-7(3-5-10(15)16)9(6-8)11(12,13)14;1-2/h3-5,7-8,11-18H,6,9-10,19H2,1-2H3;3-11,14-16,24,31H,12-13,17H2,1-2H3;3-11,14-16H,12-13,17H2,1-2H3;2-8,11H,9-10,12,17H2,1H3;2-6H,1H3,(H,15,16);1H3/b14-12+;2*11-9+;;5-3+;. The first-order valence-electron chi connectivity index (χ1n) is 44.0. The van der Waals surface area contributed by atoms with Crippen molar-refractivity contribution in [3.63, 3.8) is 0 Å². The van der Waals surface area contributed by atoms with Gasteiger partial charge in [-0.05, 0) is 226 Å². The van der Waals surface area contributed by atoms with Crippen LogP contribution in [0.15, 0.2) is 284 Å². The number of halogens is 13. The molecular weight excluding hydrogens is 1850 g/mol. The van der Waals surface area contributed by atoms with Gasteiger partial charge in [0.2, 0.25) is 0 Å². The Labute approximate surface area is 810 Å².